The summed E-state index contributed by atoms with van der Waals surface area (Å²) >= 11 is 0. The minimum absolute atomic E-state index is 0.198. The quantitative estimate of drug-likeness (QED) is 0.411. The van der Waals surface area contributed by atoms with Crippen molar-refractivity contribution in [1.82, 2.24) is 0 Å². The van der Waals surface area contributed by atoms with Crippen LogP contribution in [-0.4, -0.2) is 51.0 Å². The molecule has 1 saturated heterocycles. The maximum absolute atomic E-state index is 10.8. The molecule has 1 fully saturated rings. The van der Waals surface area contributed by atoms with E-state index < -0.39 is 11.9 Å². The Labute approximate surface area is 123 Å². The Morgan fingerprint density at radius 3 is 1.95 bits per heavy atom. The number of rotatable bonds is 1. The van der Waals surface area contributed by atoms with Gasteiger partial charge < -0.3 is 14.2 Å². The van der Waals surface area contributed by atoms with Crippen molar-refractivity contribution >= 4 is 24.7 Å². The van der Waals surface area contributed by atoms with Crippen molar-refractivity contribution in [2.75, 3.05) is 26.3 Å². The molecular formula is C14H20N2O5. The zero-order valence-electron chi connectivity index (χ0n) is 12.3. The predicted molar refractivity (Wildman–Crippen MR) is 77.3 cm³/mol. The topological polar surface area (TPSA) is 86.6 Å². The first kappa shape index (κ1) is 16.9. The maximum atomic E-state index is 10.8. The fourth-order valence-electron chi connectivity index (χ4n) is 1.55. The lowest BCUT2D eigenvalue weighted by molar-refractivity contribution is -0.152. The summed E-state index contributed by atoms with van der Waals surface area (Å²) < 4.78 is 13.7. The summed E-state index contributed by atoms with van der Waals surface area (Å²) in [7, 11) is 0. The van der Waals surface area contributed by atoms with E-state index in [9.17, 15) is 9.59 Å². The van der Waals surface area contributed by atoms with Gasteiger partial charge in [-0.25, -0.2) is 0 Å². The van der Waals surface area contributed by atoms with Crippen molar-refractivity contribution in [1.29, 1.82) is 0 Å². The number of aliphatic imine (C=N–C) groups is 2. The third-order valence-electron chi connectivity index (χ3n) is 2.41. The van der Waals surface area contributed by atoms with Crippen LogP contribution in [0, 0.1) is 5.92 Å². The Hall–Kier alpha value is -2.18. The van der Waals surface area contributed by atoms with Crippen molar-refractivity contribution in [3.8, 4) is 0 Å². The summed E-state index contributed by atoms with van der Waals surface area (Å²) in [4.78, 5) is 28.9. The number of hydrogen-bond donors (Lipinski definition) is 0. The minimum Gasteiger partial charge on any atom is -0.482 e. The van der Waals surface area contributed by atoms with Gasteiger partial charge in [-0.1, -0.05) is 11.6 Å². The van der Waals surface area contributed by atoms with Crippen molar-refractivity contribution in [3.05, 3.63) is 11.6 Å². The van der Waals surface area contributed by atoms with E-state index in [1.807, 2.05) is 13.8 Å². The Balaban J connectivity index is 0.000000181. The first-order valence-corrected chi connectivity index (χ1v) is 6.69. The molecule has 21 heavy (non-hydrogen) atoms. The molecule has 3 aliphatic rings. The molecule has 7 heteroatoms. The van der Waals surface area contributed by atoms with E-state index in [1.165, 1.54) is 12.8 Å². The van der Waals surface area contributed by atoms with Crippen LogP contribution in [0.2, 0.25) is 0 Å². The highest BCUT2D eigenvalue weighted by Gasteiger charge is 2.31. The van der Waals surface area contributed by atoms with Gasteiger partial charge in [-0.3, -0.25) is 19.6 Å². The van der Waals surface area contributed by atoms with Crippen LogP contribution >= 0.6 is 0 Å². The summed E-state index contributed by atoms with van der Waals surface area (Å²) in [5.41, 5.74) is 1.03. The molecule has 1 atom stereocenters. The van der Waals surface area contributed by atoms with Crippen molar-refractivity contribution < 1.29 is 23.8 Å². The van der Waals surface area contributed by atoms with E-state index in [1.54, 1.807) is 6.08 Å². The van der Waals surface area contributed by atoms with Gasteiger partial charge in [-0.15, -0.1) is 0 Å². The van der Waals surface area contributed by atoms with Crippen LogP contribution in [0.5, 0.6) is 0 Å². The fourth-order valence-corrected chi connectivity index (χ4v) is 1.55. The van der Waals surface area contributed by atoms with E-state index in [4.69, 9.17) is 0 Å². The van der Waals surface area contributed by atoms with E-state index in [-0.39, 0.29) is 12.3 Å². The largest absolute Gasteiger partial charge is 0.482 e. The van der Waals surface area contributed by atoms with Gasteiger partial charge in [0.1, 0.15) is 13.2 Å². The average Bonchev–Trinajstić information content (AvgIpc) is 3.16. The molecule has 0 aromatic rings. The average molecular weight is 296 g/mol. The summed E-state index contributed by atoms with van der Waals surface area (Å²) in [6.07, 6.45) is 4.93. The second-order valence-corrected chi connectivity index (χ2v) is 4.61. The smallest absolute Gasteiger partial charge is 0.321 e. The molecule has 3 rings (SSSR count). The summed E-state index contributed by atoms with van der Waals surface area (Å²) in [6, 6.07) is 0. The summed E-state index contributed by atoms with van der Waals surface area (Å²) in [6.45, 7) is 7.02. The molecule has 0 aliphatic carbocycles. The fraction of sp³-hybridized carbons (Fsp3) is 0.571. The van der Waals surface area contributed by atoms with Gasteiger partial charge in [0.05, 0.1) is 25.4 Å². The molecule has 116 valence electrons. The Morgan fingerprint density at radius 2 is 1.71 bits per heavy atom. The molecule has 3 heterocycles. The van der Waals surface area contributed by atoms with Crippen LogP contribution < -0.4 is 0 Å². The molecule has 0 bridgehead atoms. The molecule has 7 nitrogen and oxygen atoms in total. The number of hydrogen-bond acceptors (Lipinski definition) is 7. The molecule has 0 saturated carbocycles. The molecule has 3 aliphatic heterocycles. The third-order valence-corrected chi connectivity index (χ3v) is 2.41. The van der Waals surface area contributed by atoms with Gasteiger partial charge in [0.15, 0.2) is 12.8 Å². The number of allylic oxidation sites excluding steroid dienone is 1. The van der Waals surface area contributed by atoms with E-state index >= 15 is 0 Å². The first-order valence-electron chi connectivity index (χ1n) is 6.69. The van der Waals surface area contributed by atoms with E-state index in [0.29, 0.717) is 0 Å². The summed E-state index contributed by atoms with van der Waals surface area (Å²) in [5.74, 6) is -1.18. The highest BCUT2D eigenvalue weighted by atomic mass is 16.6. The number of cyclic esters (lactones) is 2. The lowest BCUT2D eigenvalue weighted by atomic mass is 10.1. The zero-order valence-corrected chi connectivity index (χ0v) is 12.3. The molecule has 0 aromatic heterocycles. The Morgan fingerprint density at radius 1 is 1.14 bits per heavy atom. The second kappa shape index (κ2) is 9.68. The second-order valence-electron chi connectivity index (χ2n) is 4.61. The van der Waals surface area contributed by atoms with Gasteiger partial charge in [-0.05, 0) is 13.8 Å². The van der Waals surface area contributed by atoms with Crippen LogP contribution in [0.3, 0.4) is 0 Å². The molecule has 0 aromatic carbocycles. The maximum Gasteiger partial charge on any atom is 0.321 e. The van der Waals surface area contributed by atoms with Gasteiger partial charge >= 0.3 is 11.9 Å². The van der Waals surface area contributed by atoms with Crippen LogP contribution in [0.15, 0.2) is 21.6 Å². The van der Waals surface area contributed by atoms with Crippen LogP contribution in [0.1, 0.15) is 20.3 Å². The monoisotopic (exact) mass is 296 g/mol. The Kier molecular flexibility index (Phi) is 7.78. The predicted octanol–water partition coefficient (Wildman–Crippen LogP) is 1.13. The third kappa shape index (κ3) is 7.86. The normalized spacial score (nSPS) is 21.3. The van der Waals surface area contributed by atoms with E-state index in [2.05, 4.69) is 24.2 Å². The molecule has 0 amide bonds. The zero-order chi connectivity index (χ0) is 15.5. The molecule has 0 radical (unpaired) electrons. The van der Waals surface area contributed by atoms with Crippen molar-refractivity contribution in [2.45, 2.75) is 20.3 Å². The van der Waals surface area contributed by atoms with Gasteiger partial charge in [0.25, 0.3) is 0 Å². The summed E-state index contributed by atoms with van der Waals surface area (Å²) in [5, 5.41) is 0. The highest BCUT2D eigenvalue weighted by Crippen LogP contribution is 2.18. The molecule has 0 N–H and O–H groups in total. The number of carbonyl (C=O) groups excluding carboxylic acids is 2. The number of esters is 2. The number of ether oxygens (including phenoxy) is 3. The lowest BCUT2D eigenvalue weighted by Crippen LogP contribution is -2.04. The lowest BCUT2D eigenvalue weighted by Gasteiger charge is -1.95. The standard InChI is InChI=1S/C8H10O3.2C3H5NO/c1-5(2)3-6-4-7(9)11-8(6)10;2*1-2-5-3-4-1/h3,6H,4H2,1-2H3;2*3H,1-2H2. The van der Waals surface area contributed by atoms with Gasteiger partial charge in [0, 0.05) is 0 Å². The van der Waals surface area contributed by atoms with Crippen LogP contribution in [0.25, 0.3) is 0 Å². The molecule has 1 unspecified atom stereocenters. The van der Waals surface area contributed by atoms with Gasteiger partial charge in [-0.2, -0.15) is 0 Å². The van der Waals surface area contributed by atoms with E-state index in [0.717, 1.165) is 31.9 Å². The first-order chi connectivity index (χ1) is 10.1. The molecule has 0 spiro atoms. The van der Waals surface area contributed by atoms with Crippen molar-refractivity contribution in [2.24, 2.45) is 15.9 Å². The SMILES string of the molecule is C1=NCCO1.C1=NCCO1.CC(C)=CC1CC(=O)OC1=O. The van der Waals surface area contributed by atoms with Gasteiger partial charge in [0.2, 0.25) is 0 Å². The number of carbonyl (C=O) groups is 2. The minimum atomic E-state index is -0.420. The highest BCUT2D eigenvalue weighted by molar-refractivity contribution is 5.95. The van der Waals surface area contributed by atoms with Crippen LogP contribution in [0.4, 0.5) is 0 Å². The van der Waals surface area contributed by atoms with Crippen LogP contribution in [-0.2, 0) is 23.8 Å². The van der Waals surface area contributed by atoms with Crippen molar-refractivity contribution in [3.63, 3.8) is 0 Å². The molecular weight excluding hydrogens is 276 g/mol. The number of nitrogens with zero attached hydrogens (tertiary/aromatic N) is 2. The Bertz CT molecular complexity index is 411.